The molecule has 2 rings (SSSR count). The maximum atomic E-state index is 11.0. The first kappa shape index (κ1) is 14.8. The summed E-state index contributed by atoms with van der Waals surface area (Å²) < 4.78 is 10.2. The fourth-order valence-corrected chi connectivity index (χ4v) is 2.20. The summed E-state index contributed by atoms with van der Waals surface area (Å²) in [6, 6.07) is 0. The van der Waals surface area contributed by atoms with Crippen LogP contribution in [0.1, 0.15) is 25.7 Å². The first-order chi connectivity index (χ1) is 9.74. The fourth-order valence-electron chi connectivity index (χ4n) is 2.20. The SMILES string of the molecule is COC(=O)CCCC1OC1C1=CC=CC(=CCCO)N1. The van der Waals surface area contributed by atoms with Crippen molar-refractivity contribution in [1.29, 1.82) is 0 Å². The van der Waals surface area contributed by atoms with Crippen LogP contribution in [0, 0.1) is 0 Å². The van der Waals surface area contributed by atoms with Gasteiger partial charge in [0.15, 0.2) is 0 Å². The van der Waals surface area contributed by atoms with Crippen molar-refractivity contribution in [1.82, 2.24) is 5.32 Å². The maximum Gasteiger partial charge on any atom is 0.305 e. The van der Waals surface area contributed by atoms with Crippen molar-refractivity contribution in [2.45, 2.75) is 37.9 Å². The van der Waals surface area contributed by atoms with Crippen LogP contribution in [0.15, 0.2) is 35.7 Å². The van der Waals surface area contributed by atoms with Crippen LogP contribution >= 0.6 is 0 Å². The molecule has 2 heterocycles. The van der Waals surface area contributed by atoms with Gasteiger partial charge in [0.05, 0.1) is 13.2 Å². The molecule has 2 aliphatic rings. The Labute approximate surface area is 119 Å². The third-order valence-electron chi connectivity index (χ3n) is 3.32. The number of carbonyl (C=O) groups is 1. The second kappa shape index (κ2) is 7.26. The standard InChI is InChI=1S/C15H21NO4/c1-19-14(18)9-3-8-13-15(20-13)12-7-2-5-11(16-12)6-4-10-17/h2,5-7,13,15-17H,3-4,8-10H2,1H3. The first-order valence-electron chi connectivity index (χ1n) is 6.93. The van der Waals surface area contributed by atoms with Crippen LogP contribution in [0.25, 0.3) is 0 Å². The molecule has 0 radical (unpaired) electrons. The van der Waals surface area contributed by atoms with Gasteiger partial charge in [-0.05, 0) is 31.4 Å². The molecule has 0 spiro atoms. The number of rotatable bonds is 7. The summed E-state index contributed by atoms with van der Waals surface area (Å²) in [5.41, 5.74) is 2.03. The Morgan fingerprint density at radius 1 is 1.60 bits per heavy atom. The number of hydrogen-bond donors (Lipinski definition) is 2. The van der Waals surface area contributed by atoms with Crippen LogP contribution in [0.3, 0.4) is 0 Å². The maximum absolute atomic E-state index is 11.0. The molecule has 5 nitrogen and oxygen atoms in total. The number of esters is 1. The van der Waals surface area contributed by atoms with Gasteiger partial charge in [-0.3, -0.25) is 4.79 Å². The van der Waals surface area contributed by atoms with E-state index in [9.17, 15) is 4.79 Å². The van der Waals surface area contributed by atoms with Crippen LogP contribution in [0.5, 0.6) is 0 Å². The van der Waals surface area contributed by atoms with Gasteiger partial charge in [0, 0.05) is 24.4 Å². The highest BCUT2D eigenvalue weighted by Crippen LogP contribution is 2.33. The second-order valence-electron chi connectivity index (χ2n) is 4.84. The number of hydrogen-bond acceptors (Lipinski definition) is 5. The van der Waals surface area contributed by atoms with Crippen molar-refractivity contribution in [3.8, 4) is 0 Å². The molecule has 20 heavy (non-hydrogen) atoms. The molecule has 0 saturated carbocycles. The summed E-state index contributed by atoms with van der Waals surface area (Å²) >= 11 is 0. The lowest BCUT2D eigenvalue weighted by Crippen LogP contribution is -2.19. The van der Waals surface area contributed by atoms with Gasteiger partial charge >= 0.3 is 5.97 Å². The molecule has 2 unspecified atom stereocenters. The Morgan fingerprint density at radius 3 is 3.20 bits per heavy atom. The van der Waals surface area contributed by atoms with Gasteiger partial charge in [0.25, 0.3) is 0 Å². The lowest BCUT2D eigenvalue weighted by molar-refractivity contribution is -0.140. The molecule has 2 atom stereocenters. The summed E-state index contributed by atoms with van der Waals surface area (Å²) in [5.74, 6) is -0.172. The van der Waals surface area contributed by atoms with E-state index >= 15 is 0 Å². The lowest BCUT2D eigenvalue weighted by atomic mass is 10.1. The topological polar surface area (TPSA) is 71.1 Å². The van der Waals surface area contributed by atoms with Crippen LogP contribution in [-0.2, 0) is 14.3 Å². The zero-order chi connectivity index (χ0) is 14.4. The van der Waals surface area contributed by atoms with Gasteiger partial charge in [-0.2, -0.15) is 0 Å². The van der Waals surface area contributed by atoms with Crippen molar-refractivity contribution in [3.05, 3.63) is 35.7 Å². The van der Waals surface area contributed by atoms with E-state index in [2.05, 4.69) is 10.1 Å². The molecule has 2 N–H and O–H groups in total. The number of methoxy groups -OCH3 is 1. The smallest absolute Gasteiger partial charge is 0.305 e. The summed E-state index contributed by atoms with van der Waals surface area (Å²) in [4.78, 5) is 11.0. The molecular formula is C15H21NO4. The third kappa shape index (κ3) is 4.21. The molecular weight excluding hydrogens is 258 g/mol. The number of ether oxygens (including phenoxy) is 2. The molecule has 110 valence electrons. The highest BCUT2D eigenvalue weighted by atomic mass is 16.6. The van der Waals surface area contributed by atoms with Gasteiger partial charge in [0.2, 0.25) is 0 Å². The van der Waals surface area contributed by atoms with E-state index in [1.165, 1.54) is 7.11 Å². The Morgan fingerprint density at radius 2 is 2.45 bits per heavy atom. The van der Waals surface area contributed by atoms with Gasteiger partial charge in [-0.25, -0.2) is 0 Å². The number of allylic oxidation sites excluding steroid dienone is 3. The number of nitrogens with one attached hydrogen (secondary N) is 1. The van der Waals surface area contributed by atoms with Crippen molar-refractivity contribution in [2.24, 2.45) is 0 Å². The van der Waals surface area contributed by atoms with E-state index in [0.717, 1.165) is 24.2 Å². The average Bonchev–Trinajstić information content (AvgIpc) is 3.25. The number of dihydropyridines is 1. The van der Waals surface area contributed by atoms with Crippen molar-refractivity contribution in [2.75, 3.05) is 13.7 Å². The molecule has 0 amide bonds. The largest absolute Gasteiger partial charge is 0.469 e. The van der Waals surface area contributed by atoms with E-state index in [1.807, 2.05) is 24.3 Å². The highest BCUT2D eigenvalue weighted by molar-refractivity contribution is 5.69. The molecule has 0 bridgehead atoms. The summed E-state index contributed by atoms with van der Waals surface area (Å²) in [5, 5.41) is 12.1. The summed E-state index contributed by atoms with van der Waals surface area (Å²) in [6.07, 6.45) is 10.9. The number of carbonyl (C=O) groups excluding carboxylic acids is 1. The number of aliphatic hydroxyl groups excluding tert-OH is 1. The van der Waals surface area contributed by atoms with Crippen LogP contribution in [0.4, 0.5) is 0 Å². The monoisotopic (exact) mass is 279 g/mol. The van der Waals surface area contributed by atoms with Gasteiger partial charge in [0.1, 0.15) is 6.10 Å². The molecule has 1 saturated heterocycles. The third-order valence-corrected chi connectivity index (χ3v) is 3.32. The quantitative estimate of drug-likeness (QED) is 0.544. The Kier molecular flexibility index (Phi) is 5.38. The zero-order valence-corrected chi connectivity index (χ0v) is 11.7. The molecule has 0 aromatic heterocycles. The van der Waals surface area contributed by atoms with Gasteiger partial charge in [-0.1, -0.05) is 12.2 Å². The minimum atomic E-state index is -0.172. The molecule has 0 aromatic carbocycles. The molecule has 2 aliphatic heterocycles. The van der Waals surface area contributed by atoms with Gasteiger partial charge < -0.3 is 19.9 Å². The first-order valence-corrected chi connectivity index (χ1v) is 6.93. The molecule has 0 aliphatic carbocycles. The van der Waals surface area contributed by atoms with Crippen LogP contribution in [0.2, 0.25) is 0 Å². The van der Waals surface area contributed by atoms with Crippen LogP contribution in [-0.4, -0.2) is 37.0 Å². The second-order valence-corrected chi connectivity index (χ2v) is 4.84. The number of epoxide rings is 1. The van der Waals surface area contributed by atoms with Crippen molar-refractivity contribution >= 4 is 5.97 Å². The average molecular weight is 279 g/mol. The van der Waals surface area contributed by atoms with Crippen LogP contribution < -0.4 is 5.32 Å². The minimum absolute atomic E-state index is 0.0927. The van der Waals surface area contributed by atoms with E-state index in [1.54, 1.807) is 0 Å². The van der Waals surface area contributed by atoms with E-state index in [-0.39, 0.29) is 24.8 Å². The number of aliphatic hydroxyl groups is 1. The summed E-state index contributed by atoms with van der Waals surface area (Å²) in [7, 11) is 1.40. The Hall–Kier alpha value is -1.59. The van der Waals surface area contributed by atoms with Crippen molar-refractivity contribution in [3.63, 3.8) is 0 Å². The molecule has 5 heteroatoms. The van der Waals surface area contributed by atoms with Gasteiger partial charge in [-0.15, -0.1) is 0 Å². The van der Waals surface area contributed by atoms with E-state index < -0.39 is 0 Å². The highest BCUT2D eigenvalue weighted by Gasteiger charge is 2.41. The zero-order valence-electron chi connectivity index (χ0n) is 11.7. The van der Waals surface area contributed by atoms with E-state index in [0.29, 0.717) is 12.8 Å². The normalized spacial score (nSPS) is 26.1. The molecule has 0 aromatic rings. The van der Waals surface area contributed by atoms with E-state index in [4.69, 9.17) is 9.84 Å². The lowest BCUT2D eigenvalue weighted by Gasteiger charge is -2.13. The summed E-state index contributed by atoms with van der Waals surface area (Å²) in [6.45, 7) is 0.147. The molecule has 1 fully saturated rings. The minimum Gasteiger partial charge on any atom is -0.469 e. The predicted molar refractivity (Wildman–Crippen MR) is 74.7 cm³/mol. The fraction of sp³-hybridized carbons (Fsp3) is 0.533. The Balaban J connectivity index is 1.73. The predicted octanol–water partition coefficient (Wildman–Crippen LogP) is 1.41. The Bertz CT molecular complexity index is 439. The van der Waals surface area contributed by atoms with Crippen molar-refractivity contribution < 1.29 is 19.4 Å².